The number of hydrogen-bond donors (Lipinski definition) is 0. The molecule has 164 valence electrons. The van der Waals surface area contributed by atoms with Crippen molar-refractivity contribution in [2.45, 2.75) is 51.9 Å². The van der Waals surface area contributed by atoms with Gasteiger partial charge < -0.3 is 9.80 Å². The highest BCUT2D eigenvalue weighted by atomic mass is 19.1. The summed E-state index contributed by atoms with van der Waals surface area (Å²) < 4.78 is 13.5. The zero-order valence-electron chi connectivity index (χ0n) is 18.2. The van der Waals surface area contributed by atoms with Crippen LogP contribution in [0.5, 0.6) is 0 Å². The molecule has 7 heteroatoms. The van der Waals surface area contributed by atoms with Gasteiger partial charge in [0.25, 0.3) is 5.91 Å². The highest BCUT2D eigenvalue weighted by molar-refractivity contribution is 5.94. The van der Waals surface area contributed by atoms with Crippen LogP contribution in [0.15, 0.2) is 24.3 Å². The van der Waals surface area contributed by atoms with E-state index in [1.165, 1.54) is 12.1 Å². The zero-order valence-corrected chi connectivity index (χ0v) is 18.2. The van der Waals surface area contributed by atoms with Crippen LogP contribution in [0.2, 0.25) is 0 Å². The van der Waals surface area contributed by atoms with Gasteiger partial charge >= 0.3 is 0 Å². The zero-order chi connectivity index (χ0) is 22.0. The second kappa shape index (κ2) is 9.12. The van der Waals surface area contributed by atoms with Crippen LogP contribution in [0.3, 0.4) is 0 Å². The average Bonchev–Trinajstić information content (AvgIpc) is 3.31. The van der Waals surface area contributed by atoms with Gasteiger partial charge in [-0.15, -0.1) is 0 Å². The molecule has 31 heavy (non-hydrogen) atoms. The average molecular weight is 425 g/mol. The fourth-order valence-corrected chi connectivity index (χ4v) is 4.61. The van der Waals surface area contributed by atoms with Crippen LogP contribution >= 0.6 is 0 Å². The maximum atomic E-state index is 13.5. The van der Waals surface area contributed by atoms with Crippen LogP contribution < -0.4 is 0 Å². The Kier molecular flexibility index (Phi) is 6.30. The van der Waals surface area contributed by atoms with Crippen molar-refractivity contribution in [3.05, 3.63) is 58.4 Å². The number of rotatable bonds is 4. The van der Waals surface area contributed by atoms with E-state index in [1.807, 2.05) is 18.7 Å². The lowest BCUT2D eigenvalue weighted by atomic mass is 9.95. The van der Waals surface area contributed by atoms with Crippen molar-refractivity contribution >= 4 is 11.8 Å². The van der Waals surface area contributed by atoms with Gasteiger partial charge in [0.2, 0.25) is 5.91 Å². The maximum Gasteiger partial charge on any atom is 0.253 e. The van der Waals surface area contributed by atoms with E-state index in [2.05, 4.69) is 0 Å². The van der Waals surface area contributed by atoms with Gasteiger partial charge in [-0.05, 0) is 57.7 Å². The number of amides is 2. The molecule has 2 aliphatic rings. The number of nitrogens with zero attached hydrogens (tertiary/aromatic N) is 4. The number of piperidine rings is 1. The number of benzene rings is 1. The number of halogens is 1. The van der Waals surface area contributed by atoms with E-state index in [1.54, 1.807) is 17.0 Å². The van der Waals surface area contributed by atoms with Crippen molar-refractivity contribution in [1.29, 1.82) is 0 Å². The number of hydrogen-bond acceptors (Lipinski definition) is 4. The van der Waals surface area contributed by atoms with Crippen molar-refractivity contribution in [2.24, 2.45) is 0 Å². The van der Waals surface area contributed by atoms with Gasteiger partial charge in [-0.2, -0.15) is 0 Å². The molecule has 2 fully saturated rings. The van der Waals surface area contributed by atoms with Crippen molar-refractivity contribution in [2.75, 3.05) is 26.2 Å². The van der Waals surface area contributed by atoms with Crippen LogP contribution in [-0.2, 0) is 11.2 Å². The standard InChI is InChI=1S/C24H29FN4O2/c1-16-21(14-22(30)28-10-3-4-11-28)17(2)27-23(26-16)19-8-6-12-29(15-19)24(31)18-7-5-9-20(25)13-18/h5,7,9,13,19H,3-4,6,8,10-12,14-15H2,1-2H3. The van der Waals surface area contributed by atoms with Crippen LogP contribution in [0.1, 0.15) is 64.7 Å². The molecular weight excluding hydrogens is 395 g/mol. The molecule has 2 saturated heterocycles. The minimum atomic E-state index is -0.409. The first-order valence-electron chi connectivity index (χ1n) is 11.1. The summed E-state index contributed by atoms with van der Waals surface area (Å²) in [5.41, 5.74) is 2.95. The molecular formula is C24H29FN4O2. The van der Waals surface area contributed by atoms with Crippen LogP contribution in [-0.4, -0.2) is 57.8 Å². The molecule has 1 unspecified atom stereocenters. The van der Waals surface area contributed by atoms with E-state index in [9.17, 15) is 14.0 Å². The monoisotopic (exact) mass is 424 g/mol. The van der Waals surface area contributed by atoms with E-state index in [0.717, 1.165) is 61.5 Å². The Hall–Kier alpha value is -2.83. The minimum absolute atomic E-state index is 0.0343. The second-order valence-corrected chi connectivity index (χ2v) is 8.60. The first-order valence-corrected chi connectivity index (χ1v) is 11.1. The molecule has 1 aromatic heterocycles. The third-order valence-electron chi connectivity index (χ3n) is 6.37. The number of aromatic nitrogens is 2. The minimum Gasteiger partial charge on any atom is -0.342 e. The predicted molar refractivity (Wildman–Crippen MR) is 115 cm³/mol. The third kappa shape index (κ3) is 4.75. The first kappa shape index (κ1) is 21.4. The van der Waals surface area contributed by atoms with Gasteiger partial charge in [0.1, 0.15) is 11.6 Å². The normalized spacial score (nSPS) is 19.0. The molecule has 4 rings (SSSR count). The summed E-state index contributed by atoms with van der Waals surface area (Å²) in [7, 11) is 0. The van der Waals surface area contributed by atoms with Crippen LogP contribution in [0.25, 0.3) is 0 Å². The Morgan fingerprint density at radius 3 is 2.39 bits per heavy atom. The summed E-state index contributed by atoms with van der Waals surface area (Å²) in [6, 6.07) is 5.82. The van der Waals surface area contributed by atoms with Crippen molar-refractivity contribution < 1.29 is 14.0 Å². The molecule has 2 aromatic rings. The molecule has 2 aliphatic heterocycles. The summed E-state index contributed by atoms with van der Waals surface area (Å²) in [4.78, 5) is 38.6. The van der Waals surface area contributed by atoms with Crippen LogP contribution in [0, 0.1) is 19.7 Å². The molecule has 0 radical (unpaired) electrons. The summed E-state index contributed by atoms with van der Waals surface area (Å²) in [5.74, 6) is 0.333. The lowest BCUT2D eigenvalue weighted by Crippen LogP contribution is -2.39. The lowest BCUT2D eigenvalue weighted by Gasteiger charge is -2.32. The van der Waals surface area contributed by atoms with Gasteiger partial charge in [0.05, 0.1) is 6.42 Å². The lowest BCUT2D eigenvalue weighted by molar-refractivity contribution is -0.129. The molecule has 0 N–H and O–H groups in total. The third-order valence-corrected chi connectivity index (χ3v) is 6.37. The fraction of sp³-hybridized carbons (Fsp3) is 0.500. The van der Waals surface area contributed by atoms with Gasteiger partial charge in [-0.1, -0.05) is 6.07 Å². The molecule has 0 spiro atoms. The second-order valence-electron chi connectivity index (χ2n) is 8.60. The van der Waals surface area contributed by atoms with Gasteiger partial charge in [-0.25, -0.2) is 14.4 Å². The molecule has 3 heterocycles. The quantitative estimate of drug-likeness (QED) is 0.754. The summed E-state index contributed by atoms with van der Waals surface area (Å²) in [6.45, 7) is 6.71. The summed E-state index contributed by atoms with van der Waals surface area (Å²) in [6.07, 6.45) is 4.24. The van der Waals surface area contributed by atoms with Gasteiger partial charge in [-0.3, -0.25) is 9.59 Å². The molecule has 1 atom stereocenters. The van der Waals surface area contributed by atoms with E-state index in [4.69, 9.17) is 9.97 Å². The Morgan fingerprint density at radius 1 is 1.03 bits per heavy atom. The molecule has 0 saturated carbocycles. The van der Waals surface area contributed by atoms with E-state index in [0.29, 0.717) is 25.1 Å². The smallest absolute Gasteiger partial charge is 0.253 e. The Bertz CT molecular complexity index is 964. The molecule has 1 aromatic carbocycles. The van der Waals surface area contributed by atoms with Crippen molar-refractivity contribution in [1.82, 2.24) is 19.8 Å². The number of likely N-dealkylation sites (tertiary alicyclic amines) is 2. The maximum absolute atomic E-state index is 13.5. The molecule has 0 bridgehead atoms. The van der Waals surface area contributed by atoms with E-state index < -0.39 is 5.82 Å². The van der Waals surface area contributed by atoms with Gasteiger partial charge in [0, 0.05) is 54.6 Å². The SMILES string of the molecule is Cc1nc(C2CCCN(C(=O)c3cccc(F)c3)C2)nc(C)c1CC(=O)N1CCCC1. The highest BCUT2D eigenvalue weighted by Gasteiger charge is 2.28. The number of aryl methyl sites for hydroxylation is 2. The number of carbonyl (C=O) groups is 2. The summed E-state index contributed by atoms with van der Waals surface area (Å²) >= 11 is 0. The van der Waals surface area contributed by atoms with Crippen molar-refractivity contribution in [3.8, 4) is 0 Å². The number of carbonyl (C=O) groups excluding carboxylic acids is 2. The predicted octanol–water partition coefficient (Wildman–Crippen LogP) is 3.42. The Balaban J connectivity index is 1.48. The molecule has 6 nitrogen and oxygen atoms in total. The van der Waals surface area contributed by atoms with E-state index in [-0.39, 0.29) is 17.7 Å². The fourth-order valence-electron chi connectivity index (χ4n) is 4.61. The first-order chi connectivity index (χ1) is 14.9. The highest BCUT2D eigenvalue weighted by Crippen LogP contribution is 2.27. The molecule has 0 aliphatic carbocycles. The Labute approximate surface area is 182 Å². The molecule has 2 amide bonds. The van der Waals surface area contributed by atoms with Crippen molar-refractivity contribution in [3.63, 3.8) is 0 Å². The summed E-state index contributed by atoms with van der Waals surface area (Å²) in [5, 5.41) is 0. The van der Waals surface area contributed by atoms with Crippen LogP contribution in [0.4, 0.5) is 4.39 Å². The van der Waals surface area contributed by atoms with Gasteiger partial charge in [0.15, 0.2) is 0 Å². The topological polar surface area (TPSA) is 66.4 Å². The van der Waals surface area contributed by atoms with E-state index >= 15 is 0 Å². The Morgan fingerprint density at radius 2 is 1.71 bits per heavy atom. The largest absolute Gasteiger partial charge is 0.342 e.